The van der Waals surface area contributed by atoms with Crippen LogP contribution in [-0.2, 0) is 17.6 Å². The monoisotopic (exact) mass is 507 g/mol. The Hall–Kier alpha value is -3.16. The molecule has 4 rings (SSSR count). The number of nitrogens with one attached hydrogen (secondary N) is 1. The van der Waals surface area contributed by atoms with E-state index in [2.05, 4.69) is 5.32 Å². The predicted octanol–water partition coefficient (Wildman–Crippen LogP) is 7.48. The van der Waals surface area contributed by atoms with Gasteiger partial charge in [0.2, 0.25) is 0 Å². The maximum atomic E-state index is 13.0. The predicted molar refractivity (Wildman–Crippen MR) is 126 cm³/mol. The number of alkyl halides is 3. The van der Waals surface area contributed by atoms with Crippen molar-refractivity contribution in [2.45, 2.75) is 19.7 Å². The van der Waals surface area contributed by atoms with Crippen molar-refractivity contribution in [3.63, 3.8) is 0 Å². The van der Waals surface area contributed by atoms with Gasteiger partial charge in [0.15, 0.2) is 11.5 Å². The van der Waals surface area contributed by atoms with Crippen molar-refractivity contribution in [3.8, 4) is 11.5 Å². The molecule has 0 fully saturated rings. The van der Waals surface area contributed by atoms with Crippen molar-refractivity contribution in [3.05, 3.63) is 86.9 Å². The van der Waals surface area contributed by atoms with E-state index in [0.717, 1.165) is 17.7 Å². The highest BCUT2D eigenvalue weighted by atomic mass is 35.5. The van der Waals surface area contributed by atoms with Crippen molar-refractivity contribution >= 4 is 46.4 Å². The standard InChI is InChI=1S/C25H18Cl2F3NO3/c1-2-33-23-10-14(3-8-22(23)34-13-15-4-6-17(26)12-20(15)27)9-19-18-7-5-16(25(28,29)30)11-21(18)31-24(19)32/h3-12H,2,13H2,1H3,(H,31,32)/b19-9+. The maximum absolute atomic E-state index is 13.0. The first-order valence-electron chi connectivity index (χ1n) is 10.2. The van der Waals surface area contributed by atoms with Crippen LogP contribution in [0.5, 0.6) is 11.5 Å². The lowest BCUT2D eigenvalue weighted by Gasteiger charge is -2.13. The van der Waals surface area contributed by atoms with Crippen molar-refractivity contribution in [1.29, 1.82) is 0 Å². The number of benzene rings is 3. The average Bonchev–Trinajstić information content (AvgIpc) is 3.08. The lowest BCUT2D eigenvalue weighted by Crippen LogP contribution is -2.06. The number of halogens is 5. The average molecular weight is 508 g/mol. The van der Waals surface area contributed by atoms with Gasteiger partial charge in [0.25, 0.3) is 5.91 Å². The van der Waals surface area contributed by atoms with Crippen LogP contribution < -0.4 is 14.8 Å². The summed E-state index contributed by atoms with van der Waals surface area (Å²) in [5, 5.41) is 3.49. The van der Waals surface area contributed by atoms with Crippen LogP contribution >= 0.6 is 23.2 Å². The van der Waals surface area contributed by atoms with Gasteiger partial charge >= 0.3 is 6.18 Å². The van der Waals surface area contributed by atoms with Crippen LogP contribution in [0.25, 0.3) is 11.6 Å². The molecule has 0 unspecified atom stereocenters. The molecule has 0 aliphatic carbocycles. The molecule has 1 heterocycles. The molecule has 0 bridgehead atoms. The second kappa shape index (κ2) is 9.60. The molecule has 176 valence electrons. The number of hydrogen-bond acceptors (Lipinski definition) is 3. The van der Waals surface area contributed by atoms with Crippen molar-refractivity contribution in [2.75, 3.05) is 11.9 Å². The highest BCUT2D eigenvalue weighted by Crippen LogP contribution is 2.39. The Morgan fingerprint density at radius 1 is 0.971 bits per heavy atom. The minimum atomic E-state index is -4.50. The van der Waals surface area contributed by atoms with E-state index >= 15 is 0 Å². The number of hydrogen-bond donors (Lipinski definition) is 1. The maximum Gasteiger partial charge on any atom is 0.416 e. The Bertz CT molecular complexity index is 1290. The minimum Gasteiger partial charge on any atom is -0.490 e. The van der Waals surface area contributed by atoms with Gasteiger partial charge in [-0.2, -0.15) is 13.2 Å². The van der Waals surface area contributed by atoms with E-state index in [1.165, 1.54) is 6.07 Å². The molecule has 0 saturated heterocycles. The Kier molecular flexibility index (Phi) is 6.77. The van der Waals surface area contributed by atoms with Gasteiger partial charge in [0, 0.05) is 32.4 Å². The Labute approximate surface area is 203 Å². The van der Waals surface area contributed by atoms with Crippen LogP contribution in [0.15, 0.2) is 54.6 Å². The zero-order valence-corrected chi connectivity index (χ0v) is 19.3. The molecule has 0 spiro atoms. The van der Waals surface area contributed by atoms with E-state index in [1.807, 2.05) is 6.92 Å². The van der Waals surface area contributed by atoms with Gasteiger partial charge < -0.3 is 14.8 Å². The summed E-state index contributed by atoms with van der Waals surface area (Å²) in [4.78, 5) is 12.5. The molecular weight excluding hydrogens is 490 g/mol. The summed E-state index contributed by atoms with van der Waals surface area (Å²) >= 11 is 12.1. The summed E-state index contributed by atoms with van der Waals surface area (Å²) in [6.45, 7) is 2.39. The third-order valence-corrected chi connectivity index (χ3v) is 5.69. The summed E-state index contributed by atoms with van der Waals surface area (Å²) in [7, 11) is 0. The fraction of sp³-hybridized carbons (Fsp3) is 0.160. The molecule has 1 aliphatic rings. The zero-order valence-electron chi connectivity index (χ0n) is 17.8. The topological polar surface area (TPSA) is 47.6 Å². The van der Waals surface area contributed by atoms with E-state index in [-0.39, 0.29) is 17.9 Å². The van der Waals surface area contributed by atoms with Gasteiger partial charge in [0.05, 0.1) is 12.2 Å². The van der Waals surface area contributed by atoms with E-state index < -0.39 is 17.6 Å². The second-order valence-corrected chi connectivity index (χ2v) is 8.28. The fourth-order valence-corrected chi connectivity index (χ4v) is 3.94. The Morgan fingerprint density at radius 3 is 2.47 bits per heavy atom. The minimum absolute atomic E-state index is 0.121. The van der Waals surface area contributed by atoms with Crippen molar-refractivity contribution in [1.82, 2.24) is 0 Å². The van der Waals surface area contributed by atoms with Crippen molar-refractivity contribution in [2.24, 2.45) is 0 Å². The van der Waals surface area contributed by atoms with Gasteiger partial charge in [-0.3, -0.25) is 4.79 Å². The number of amides is 1. The molecular formula is C25H18Cl2F3NO3. The van der Waals surface area contributed by atoms with Crippen LogP contribution in [0.4, 0.5) is 18.9 Å². The Morgan fingerprint density at radius 2 is 1.76 bits per heavy atom. The SMILES string of the molecule is CCOc1cc(/C=C2/C(=O)Nc3cc(C(F)(F)F)ccc32)ccc1OCc1ccc(Cl)cc1Cl. The first-order chi connectivity index (χ1) is 16.2. The molecule has 0 aromatic heterocycles. The van der Waals surface area contributed by atoms with Gasteiger partial charge in [-0.15, -0.1) is 0 Å². The number of carbonyl (C=O) groups is 1. The molecule has 4 nitrogen and oxygen atoms in total. The largest absolute Gasteiger partial charge is 0.490 e. The quantitative estimate of drug-likeness (QED) is 0.351. The van der Waals surface area contributed by atoms with Gasteiger partial charge in [0.1, 0.15) is 6.61 Å². The smallest absolute Gasteiger partial charge is 0.416 e. The molecule has 1 N–H and O–H groups in total. The number of rotatable bonds is 6. The molecule has 0 atom stereocenters. The van der Waals surface area contributed by atoms with E-state index in [0.29, 0.717) is 39.3 Å². The zero-order chi connectivity index (χ0) is 24.5. The highest BCUT2D eigenvalue weighted by Gasteiger charge is 2.33. The highest BCUT2D eigenvalue weighted by molar-refractivity contribution is 6.35. The summed E-state index contributed by atoms with van der Waals surface area (Å²) < 4.78 is 50.6. The first kappa shape index (κ1) is 24.0. The number of fused-ring (bicyclic) bond motifs is 1. The van der Waals surface area contributed by atoms with Crippen LogP contribution in [0, 0.1) is 0 Å². The number of ether oxygens (including phenoxy) is 2. The third-order valence-electron chi connectivity index (χ3n) is 5.11. The summed E-state index contributed by atoms with van der Waals surface area (Å²) in [5.41, 5.74) is 1.32. The van der Waals surface area contributed by atoms with Crippen LogP contribution in [0.2, 0.25) is 10.0 Å². The molecule has 34 heavy (non-hydrogen) atoms. The molecule has 1 amide bonds. The van der Waals surface area contributed by atoms with E-state index in [1.54, 1.807) is 42.5 Å². The third kappa shape index (κ3) is 5.16. The van der Waals surface area contributed by atoms with E-state index in [9.17, 15) is 18.0 Å². The molecule has 1 aliphatic heterocycles. The van der Waals surface area contributed by atoms with Crippen LogP contribution in [0.3, 0.4) is 0 Å². The number of anilines is 1. The first-order valence-corrected chi connectivity index (χ1v) is 11.0. The number of carbonyl (C=O) groups excluding carboxylic acids is 1. The van der Waals surface area contributed by atoms with Gasteiger partial charge in [-0.1, -0.05) is 41.4 Å². The molecule has 9 heteroatoms. The molecule has 0 saturated carbocycles. The molecule has 0 radical (unpaired) electrons. The van der Waals surface area contributed by atoms with Gasteiger partial charge in [-0.05, 0) is 55.0 Å². The normalized spacial score (nSPS) is 14.2. The summed E-state index contributed by atoms with van der Waals surface area (Å²) in [5.74, 6) is 0.444. The van der Waals surface area contributed by atoms with Gasteiger partial charge in [-0.25, -0.2) is 0 Å². The van der Waals surface area contributed by atoms with E-state index in [4.69, 9.17) is 32.7 Å². The molecule has 3 aromatic rings. The fourth-order valence-electron chi connectivity index (χ4n) is 3.48. The molecule has 3 aromatic carbocycles. The lowest BCUT2D eigenvalue weighted by atomic mass is 10.0. The second-order valence-electron chi connectivity index (χ2n) is 7.43. The summed E-state index contributed by atoms with van der Waals surface area (Å²) in [6.07, 6.45) is -2.90. The van der Waals surface area contributed by atoms with Crippen LogP contribution in [0.1, 0.15) is 29.2 Å². The Balaban J connectivity index is 1.61. The van der Waals surface area contributed by atoms with Crippen molar-refractivity contribution < 1.29 is 27.4 Å². The van der Waals surface area contributed by atoms with Crippen LogP contribution in [-0.4, -0.2) is 12.5 Å². The lowest BCUT2D eigenvalue weighted by molar-refractivity contribution is -0.137. The summed E-state index contributed by atoms with van der Waals surface area (Å²) in [6, 6.07) is 13.4.